The molecule has 20 heavy (non-hydrogen) atoms. The molecule has 0 unspecified atom stereocenters. The lowest BCUT2D eigenvalue weighted by molar-refractivity contribution is -0.383. The molecule has 0 saturated carbocycles. The number of hydrogen-bond donors (Lipinski definition) is 0. The van der Waals surface area contributed by atoms with E-state index in [1.165, 1.54) is 13.0 Å². The van der Waals surface area contributed by atoms with Gasteiger partial charge in [0.25, 0.3) is 5.69 Å². The number of fused-ring (bicyclic) bond motifs is 1. The fourth-order valence-corrected chi connectivity index (χ4v) is 1.48. The summed E-state index contributed by atoms with van der Waals surface area (Å²) in [7, 11) is 0. The van der Waals surface area contributed by atoms with Crippen LogP contribution in [0.1, 0.15) is 33.1 Å². The minimum absolute atomic E-state index is 0.0503. The van der Waals surface area contributed by atoms with Gasteiger partial charge < -0.3 is 4.74 Å². The molecule has 0 N–H and O–H groups in total. The molecule has 0 aromatic rings. The molecular formula is C14H17NO5. The Kier molecular flexibility index (Phi) is 5.83. The van der Waals surface area contributed by atoms with Crippen molar-refractivity contribution in [1.29, 1.82) is 0 Å². The Morgan fingerprint density at radius 1 is 1.30 bits per heavy atom. The number of nitro benzene ring substituents is 1. The van der Waals surface area contributed by atoms with Crippen molar-refractivity contribution >= 4 is 17.4 Å². The van der Waals surface area contributed by atoms with E-state index in [1.807, 2.05) is 6.92 Å². The molecule has 0 fully saturated rings. The van der Waals surface area contributed by atoms with Crippen LogP contribution in [-0.2, 0) is 14.3 Å². The lowest BCUT2D eigenvalue weighted by atomic mass is 10.3. The molecular weight excluding hydrogens is 262 g/mol. The van der Waals surface area contributed by atoms with Crippen molar-refractivity contribution in [2.24, 2.45) is 0 Å². The van der Waals surface area contributed by atoms with Crippen molar-refractivity contribution in [2.45, 2.75) is 33.1 Å². The number of nitrogens with zero attached hydrogens (tertiary/aromatic N) is 1. The Hall–Kier alpha value is -2.24. The van der Waals surface area contributed by atoms with E-state index < -0.39 is 0 Å². The lowest BCUT2D eigenvalue weighted by Gasteiger charge is -2.00. The largest absolute Gasteiger partial charge is 0.465 e. The van der Waals surface area contributed by atoms with E-state index in [0.29, 0.717) is 12.8 Å². The van der Waals surface area contributed by atoms with Crippen LogP contribution in [0.2, 0.25) is 0 Å². The Balaban J connectivity index is 0.000000202. The maximum absolute atomic E-state index is 10.7. The zero-order chi connectivity index (χ0) is 15.1. The Bertz CT molecular complexity index is 524. The highest BCUT2D eigenvalue weighted by Crippen LogP contribution is 2.42. The van der Waals surface area contributed by atoms with Crippen molar-refractivity contribution in [3.63, 3.8) is 0 Å². The molecule has 2 rings (SSSR count). The van der Waals surface area contributed by atoms with Gasteiger partial charge in [0, 0.05) is 18.9 Å². The maximum atomic E-state index is 10.7. The minimum Gasteiger partial charge on any atom is -0.465 e. The number of carbonyl (C=O) groups is 2. The Morgan fingerprint density at radius 2 is 2.00 bits per heavy atom. The highest BCUT2D eigenvalue weighted by atomic mass is 16.6. The summed E-state index contributed by atoms with van der Waals surface area (Å²) in [6, 6.07) is 5.09. The van der Waals surface area contributed by atoms with Crippen LogP contribution in [-0.4, -0.2) is 23.3 Å². The number of Topliss-reactive ketones (excluding diaryl/α,β-unsaturated/α-hetero) is 1. The first-order chi connectivity index (χ1) is 9.45. The van der Waals surface area contributed by atoms with Gasteiger partial charge in [-0.2, -0.15) is 0 Å². The predicted octanol–water partition coefficient (Wildman–Crippen LogP) is 2.88. The number of ether oxygens (including phenoxy) is 1. The van der Waals surface area contributed by atoms with Crippen LogP contribution in [0.4, 0.5) is 5.69 Å². The Morgan fingerprint density at radius 3 is 2.35 bits per heavy atom. The molecule has 2 aliphatic rings. The van der Waals surface area contributed by atoms with E-state index >= 15 is 0 Å². The molecule has 0 heterocycles. The van der Waals surface area contributed by atoms with Crippen LogP contribution in [0.15, 0.2) is 18.2 Å². The van der Waals surface area contributed by atoms with Crippen molar-refractivity contribution < 1.29 is 19.2 Å². The molecule has 0 radical (unpaired) electrons. The fourth-order valence-electron chi connectivity index (χ4n) is 1.48. The van der Waals surface area contributed by atoms with Gasteiger partial charge >= 0.3 is 5.97 Å². The number of benzene rings is 1. The second-order valence-corrected chi connectivity index (χ2v) is 4.41. The molecule has 0 saturated heterocycles. The van der Waals surface area contributed by atoms with E-state index in [0.717, 1.165) is 17.5 Å². The average molecular weight is 279 g/mol. The van der Waals surface area contributed by atoms with Gasteiger partial charge in [-0.1, -0.05) is 6.92 Å². The fraction of sp³-hybridized carbons (Fsp3) is 0.429. The summed E-state index contributed by atoms with van der Waals surface area (Å²) in [4.78, 5) is 30.8. The molecule has 0 aliphatic heterocycles. The molecule has 0 aromatic carbocycles. The zero-order valence-corrected chi connectivity index (χ0v) is 11.5. The monoisotopic (exact) mass is 279 g/mol. The lowest BCUT2D eigenvalue weighted by Crippen LogP contribution is -2.07. The van der Waals surface area contributed by atoms with Crippen LogP contribution in [0, 0.1) is 10.1 Å². The number of hydrogen-bond acceptors (Lipinski definition) is 5. The van der Waals surface area contributed by atoms with Crippen LogP contribution >= 0.6 is 0 Å². The first-order valence-electron chi connectivity index (χ1n) is 6.39. The summed E-state index contributed by atoms with van der Waals surface area (Å²) < 4.78 is 4.73. The summed E-state index contributed by atoms with van der Waals surface area (Å²) >= 11 is 0. The molecule has 0 aromatic heterocycles. The number of esters is 1. The van der Waals surface area contributed by atoms with E-state index in [4.69, 9.17) is 4.74 Å². The third-order valence-electron chi connectivity index (χ3n) is 2.59. The van der Waals surface area contributed by atoms with Crippen molar-refractivity contribution in [1.82, 2.24) is 0 Å². The topological polar surface area (TPSA) is 86.5 Å². The molecule has 0 atom stereocenters. The minimum atomic E-state index is -0.359. The first kappa shape index (κ1) is 15.8. The molecule has 108 valence electrons. The third-order valence-corrected chi connectivity index (χ3v) is 2.59. The number of ketones is 1. The zero-order valence-electron chi connectivity index (χ0n) is 11.5. The van der Waals surface area contributed by atoms with Gasteiger partial charge in [0.2, 0.25) is 0 Å². The van der Waals surface area contributed by atoms with E-state index in [1.54, 1.807) is 12.1 Å². The van der Waals surface area contributed by atoms with Crippen LogP contribution in [0.25, 0.3) is 11.1 Å². The summed E-state index contributed by atoms with van der Waals surface area (Å²) in [5, 5.41) is 10.1. The van der Waals surface area contributed by atoms with Crippen LogP contribution < -0.4 is 0 Å². The highest BCUT2D eigenvalue weighted by molar-refractivity contribution is 5.89. The third kappa shape index (κ3) is 5.17. The molecule has 2 aliphatic carbocycles. The summed E-state index contributed by atoms with van der Waals surface area (Å²) in [6.45, 7) is 3.62. The normalized spacial score (nSPS) is 10.1. The summed E-state index contributed by atoms with van der Waals surface area (Å²) in [5.41, 5.74) is 2.06. The number of carbonyl (C=O) groups excluding carboxylic acids is 2. The molecule has 6 heteroatoms. The second-order valence-electron chi connectivity index (χ2n) is 4.41. The Labute approximate surface area is 116 Å². The molecule has 6 nitrogen and oxygen atoms in total. The molecule has 0 spiro atoms. The van der Waals surface area contributed by atoms with Gasteiger partial charge in [-0.3, -0.25) is 19.7 Å². The number of rotatable bonds is 6. The average Bonchev–Trinajstić information content (AvgIpc) is 3.00. The van der Waals surface area contributed by atoms with Crippen molar-refractivity contribution in [3.8, 4) is 11.1 Å². The van der Waals surface area contributed by atoms with Gasteiger partial charge in [-0.05, 0) is 31.0 Å². The quantitative estimate of drug-likeness (QED) is 0.461. The van der Waals surface area contributed by atoms with Gasteiger partial charge in [0.05, 0.1) is 17.1 Å². The maximum Gasteiger partial charge on any atom is 0.305 e. The second kappa shape index (κ2) is 7.37. The van der Waals surface area contributed by atoms with Gasteiger partial charge in [-0.15, -0.1) is 0 Å². The van der Waals surface area contributed by atoms with Crippen molar-refractivity contribution in [3.05, 3.63) is 28.3 Å². The first-order valence-corrected chi connectivity index (χ1v) is 6.39. The number of nitro groups is 1. The standard InChI is InChI=1S/C8H14O3.C6H3NO2/c1-3-4-8(10)11-6-5-7(2)9;8-7(9)6-2-1-4-3-5(4)6/h3-6H2,1-2H3;1-3H. The van der Waals surface area contributed by atoms with Crippen LogP contribution in [0.3, 0.4) is 0 Å². The SMILES string of the molecule is CCCC(=O)OCCC(C)=O.O=[N+]([O-])c1ccc2cc1-2. The van der Waals surface area contributed by atoms with Gasteiger partial charge in [0.1, 0.15) is 5.78 Å². The smallest absolute Gasteiger partial charge is 0.305 e. The predicted molar refractivity (Wildman–Crippen MR) is 73.3 cm³/mol. The van der Waals surface area contributed by atoms with Gasteiger partial charge in [-0.25, -0.2) is 0 Å². The molecule has 0 amide bonds. The van der Waals surface area contributed by atoms with E-state index in [2.05, 4.69) is 0 Å². The highest BCUT2D eigenvalue weighted by Gasteiger charge is 2.24. The van der Waals surface area contributed by atoms with Crippen molar-refractivity contribution in [2.75, 3.05) is 6.61 Å². The summed E-state index contributed by atoms with van der Waals surface area (Å²) in [5.74, 6) is -0.164. The van der Waals surface area contributed by atoms with Crippen LogP contribution in [0.5, 0.6) is 0 Å². The summed E-state index contributed by atoms with van der Waals surface area (Å²) in [6.07, 6.45) is 1.56. The molecule has 0 bridgehead atoms. The van der Waals surface area contributed by atoms with E-state index in [-0.39, 0.29) is 29.0 Å². The van der Waals surface area contributed by atoms with Gasteiger partial charge in [0.15, 0.2) is 0 Å². The van der Waals surface area contributed by atoms with E-state index in [9.17, 15) is 19.7 Å².